The van der Waals surface area contributed by atoms with E-state index in [1.54, 1.807) is 16.7 Å². The van der Waals surface area contributed by atoms with Gasteiger partial charge in [0.2, 0.25) is 11.8 Å². The van der Waals surface area contributed by atoms with Crippen LogP contribution in [0, 0.1) is 0 Å². The first-order chi connectivity index (χ1) is 16.9. The number of halogens is 1. The molecule has 0 spiro atoms. The van der Waals surface area contributed by atoms with Gasteiger partial charge in [0.15, 0.2) is 0 Å². The number of amides is 2. The third-order valence-electron chi connectivity index (χ3n) is 5.54. The third kappa shape index (κ3) is 9.08. The normalized spacial score (nSPS) is 11.8. The predicted octanol–water partition coefficient (Wildman–Crippen LogP) is 6.13. The smallest absolute Gasteiger partial charge is 0.243 e. The van der Waals surface area contributed by atoms with Crippen molar-refractivity contribution >= 4 is 35.2 Å². The molecule has 4 nitrogen and oxygen atoms in total. The Hall–Kier alpha value is -2.76. The molecule has 0 aromatic heterocycles. The molecule has 35 heavy (non-hydrogen) atoms. The van der Waals surface area contributed by atoms with Crippen LogP contribution >= 0.6 is 23.4 Å². The largest absolute Gasteiger partial charge is 0.352 e. The maximum atomic E-state index is 13.6. The standard InChI is InChI=1S/C29H33ClN2O2S/c1-22(2)31-29(34)27(19-23-9-5-3-6-10-23)32(20-24-13-15-26(30)16-14-24)28(33)17-18-35-21-25-11-7-4-8-12-25/h3-16,22,27H,17-21H2,1-2H3,(H,31,34). The number of hydrogen-bond donors (Lipinski definition) is 1. The first-order valence-electron chi connectivity index (χ1n) is 11.9. The summed E-state index contributed by atoms with van der Waals surface area (Å²) in [6, 6.07) is 26.9. The van der Waals surface area contributed by atoms with Crippen LogP contribution in [0.2, 0.25) is 5.02 Å². The number of carbonyl (C=O) groups excluding carboxylic acids is 2. The zero-order valence-corrected chi connectivity index (χ0v) is 21.9. The molecule has 3 rings (SSSR count). The van der Waals surface area contributed by atoms with Gasteiger partial charge >= 0.3 is 0 Å². The second-order valence-electron chi connectivity index (χ2n) is 8.81. The lowest BCUT2D eigenvalue weighted by molar-refractivity contribution is -0.141. The average molecular weight is 509 g/mol. The van der Waals surface area contributed by atoms with Crippen LogP contribution in [0.25, 0.3) is 0 Å². The molecule has 1 N–H and O–H groups in total. The number of hydrogen-bond acceptors (Lipinski definition) is 3. The summed E-state index contributed by atoms with van der Waals surface area (Å²) in [4.78, 5) is 28.6. The van der Waals surface area contributed by atoms with Crippen molar-refractivity contribution in [3.8, 4) is 0 Å². The zero-order valence-electron chi connectivity index (χ0n) is 20.3. The van der Waals surface area contributed by atoms with Crippen molar-refractivity contribution in [3.05, 3.63) is 107 Å². The van der Waals surface area contributed by atoms with Gasteiger partial charge in [-0.2, -0.15) is 11.8 Å². The van der Waals surface area contributed by atoms with Gasteiger partial charge in [0, 0.05) is 42.0 Å². The summed E-state index contributed by atoms with van der Waals surface area (Å²) in [5, 5.41) is 3.66. The molecule has 0 aliphatic rings. The van der Waals surface area contributed by atoms with E-state index in [9.17, 15) is 9.59 Å². The van der Waals surface area contributed by atoms with Gasteiger partial charge < -0.3 is 10.2 Å². The Labute approximate surface area is 218 Å². The van der Waals surface area contributed by atoms with E-state index < -0.39 is 6.04 Å². The number of nitrogens with zero attached hydrogens (tertiary/aromatic N) is 1. The van der Waals surface area contributed by atoms with Gasteiger partial charge in [-0.15, -0.1) is 0 Å². The van der Waals surface area contributed by atoms with Gasteiger partial charge in [0.05, 0.1) is 0 Å². The molecule has 0 fully saturated rings. The Morgan fingerprint density at radius 3 is 2.06 bits per heavy atom. The molecule has 0 radical (unpaired) electrons. The van der Waals surface area contributed by atoms with E-state index in [4.69, 9.17) is 11.6 Å². The average Bonchev–Trinajstić information content (AvgIpc) is 2.86. The minimum atomic E-state index is -0.609. The Morgan fingerprint density at radius 1 is 0.857 bits per heavy atom. The second kappa shape index (κ2) is 14.0. The van der Waals surface area contributed by atoms with Crippen molar-refractivity contribution in [2.24, 2.45) is 0 Å². The van der Waals surface area contributed by atoms with Gasteiger partial charge in [-0.1, -0.05) is 84.4 Å². The fourth-order valence-corrected chi connectivity index (χ4v) is 4.81. The molecule has 3 aromatic rings. The zero-order chi connectivity index (χ0) is 25.0. The topological polar surface area (TPSA) is 49.4 Å². The van der Waals surface area contributed by atoms with Crippen LogP contribution in [0.5, 0.6) is 0 Å². The maximum absolute atomic E-state index is 13.6. The fraction of sp³-hybridized carbons (Fsp3) is 0.310. The van der Waals surface area contributed by atoms with Crippen molar-refractivity contribution in [1.29, 1.82) is 0 Å². The molecule has 0 saturated carbocycles. The van der Waals surface area contributed by atoms with E-state index in [0.29, 0.717) is 30.2 Å². The minimum Gasteiger partial charge on any atom is -0.352 e. The summed E-state index contributed by atoms with van der Waals surface area (Å²) in [6.07, 6.45) is 0.821. The second-order valence-corrected chi connectivity index (χ2v) is 10.3. The monoisotopic (exact) mass is 508 g/mol. The van der Waals surface area contributed by atoms with Gasteiger partial charge in [-0.25, -0.2) is 0 Å². The SMILES string of the molecule is CC(C)NC(=O)C(Cc1ccccc1)N(Cc1ccc(Cl)cc1)C(=O)CCSCc1ccccc1. The van der Waals surface area contributed by atoms with Crippen LogP contribution in [0.4, 0.5) is 0 Å². The molecule has 1 atom stereocenters. The molecular formula is C29H33ClN2O2S. The number of benzene rings is 3. The Bertz CT molecular complexity index is 1060. The van der Waals surface area contributed by atoms with Gasteiger partial charge in [-0.3, -0.25) is 9.59 Å². The highest BCUT2D eigenvalue weighted by Crippen LogP contribution is 2.19. The molecule has 2 amide bonds. The van der Waals surface area contributed by atoms with Crippen LogP contribution in [-0.2, 0) is 28.3 Å². The van der Waals surface area contributed by atoms with E-state index in [-0.39, 0.29) is 17.9 Å². The third-order valence-corrected chi connectivity index (χ3v) is 6.82. The highest BCUT2D eigenvalue weighted by atomic mass is 35.5. The summed E-state index contributed by atoms with van der Waals surface area (Å²) in [6.45, 7) is 4.22. The summed E-state index contributed by atoms with van der Waals surface area (Å²) in [7, 11) is 0. The maximum Gasteiger partial charge on any atom is 0.243 e. The van der Waals surface area contributed by atoms with E-state index in [0.717, 1.165) is 16.9 Å². The highest BCUT2D eigenvalue weighted by molar-refractivity contribution is 7.98. The highest BCUT2D eigenvalue weighted by Gasteiger charge is 2.30. The summed E-state index contributed by atoms with van der Waals surface area (Å²) in [5.74, 6) is 1.38. The molecule has 0 heterocycles. The van der Waals surface area contributed by atoms with Crippen molar-refractivity contribution in [2.75, 3.05) is 5.75 Å². The first-order valence-corrected chi connectivity index (χ1v) is 13.5. The van der Waals surface area contributed by atoms with Crippen LogP contribution in [-0.4, -0.2) is 34.6 Å². The van der Waals surface area contributed by atoms with E-state index in [2.05, 4.69) is 17.4 Å². The van der Waals surface area contributed by atoms with Crippen molar-refractivity contribution in [1.82, 2.24) is 10.2 Å². The minimum absolute atomic E-state index is 0.0188. The molecule has 6 heteroatoms. The molecular weight excluding hydrogens is 476 g/mol. The van der Waals surface area contributed by atoms with E-state index in [1.807, 2.05) is 86.6 Å². The first kappa shape index (κ1) is 26.8. The molecule has 1 unspecified atom stereocenters. The summed E-state index contributed by atoms with van der Waals surface area (Å²) in [5.41, 5.74) is 3.19. The lowest BCUT2D eigenvalue weighted by Crippen LogP contribution is -2.51. The lowest BCUT2D eigenvalue weighted by atomic mass is 10.0. The number of rotatable bonds is 12. The number of carbonyl (C=O) groups is 2. The molecule has 0 bridgehead atoms. The van der Waals surface area contributed by atoms with Crippen LogP contribution in [0.15, 0.2) is 84.9 Å². The Balaban J connectivity index is 1.78. The Morgan fingerprint density at radius 2 is 1.46 bits per heavy atom. The molecule has 0 aliphatic carbocycles. The number of nitrogens with one attached hydrogen (secondary N) is 1. The van der Waals surface area contributed by atoms with Crippen molar-refractivity contribution in [2.45, 2.75) is 51.1 Å². The van der Waals surface area contributed by atoms with E-state index in [1.165, 1.54) is 5.56 Å². The van der Waals surface area contributed by atoms with Crippen LogP contribution < -0.4 is 5.32 Å². The van der Waals surface area contributed by atoms with Gasteiger partial charge in [0.1, 0.15) is 6.04 Å². The van der Waals surface area contributed by atoms with Crippen LogP contribution in [0.3, 0.4) is 0 Å². The van der Waals surface area contributed by atoms with Crippen molar-refractivity contribution in [3.63, 3.8) is 0 Å². The summed E-state index contributed by atoms with van der Waals surface area (Å²) < 4.78 is 0. The lowest BCUT2D eigenvalue weighted by Gasteiger charge is -2.32. The molecule has 0 aliphatic heterocycles. The van der Waals surface area contributed by atoms with Crippen LogP contribution in [0.1, 0.15) is 37.0 Å². The van der Waals surface area contributed by atoms with Gasteiger partial charge in [-0.05, 0) is 42.7 Å². The Kier molecular flexibility index (Phi) is 10.7. The summed E-state index contributed by atoms with van der Waals surface area (Å²) >= 11 is 7.81. The predicted molar refractivity (Wildman–Crippen MR) is 146 cm³/mol. The quantitative estimate of drug-likeness (QED) is 0.299. The fourth-order valence-electron chi connectivity index (χ4n) is 3.79. The number of thioether (sulfide) groups is 1. The van der Waals surface area contributed by atoms with Gasteiger partial charge in [0.25, 0.3) is 0 Å². The van der Waals surface area contributed by atoms with E-state index >= 15 is 0 Å². The van der Waals surface area contributed by atoms with Crippen molar-refractivity contribution < 1.29 is 9.59 Å². The molecule has 184 valence electrons. The molecule has 0 saturated heterocycles. The molecule has 3 aromatic carbocycles.